The number of nitrogens with one attached hydrogen (secondary N) is 1. The van der Waals surface area contributed by atoms with Gasteiger partial charge in [0.05, 0.1) is 11.2 Å². The molecule has 2 N–H and O–H groups in total. The number of thioether (sulfide) groups is 1. The molecule has 1 amide bonds. The van der Waals surface area contributed by atoms with Crippen molar-refractivity contribution in [2.75, 3.05) is 12.3 Å². The van der Waals surface area contributed by atoms with Crippen LogP contribution in [0.5, 0.6) is 0 Å². The van der Waals surface area contributed by atoms with E-state index in [2.05, 4.69) is 5.32 Å². The van der Waals surface area contributed by atoms with Gasteiger partial charge in [-0.05, 0) is 13.8 Å². The first-order valence-electron chi connectivity index (χ1n) is 4.61. The van der Waals surface area contributed by atoms with Crippen molar-refractivity contribution in [1.29, 1.82) is 0 Å². The maximum atomic E-state index is 11.2. The van der Waals surface area contributed by atoms with Gasteiger partial charge in [0.25, 0.3) is 0 Å². The molecule has 2 atom stereocenters. The molecule has 2 unspecified atom stereocenters. The molecule has 0 aliphatic rings. The quantitative estimate of drug-likeness (QED) is 0.698. The van der Waals surface area contributed by atoms with Crippen LogP contribution in [0.15, 0.2) is 0 Å². The zero-order chi connectivity index (χ0) is 11.1. The highest BCUT2D eigenvalue weighted by atomic mass is 32.2. The summed E-state index contributed by atoms with van der Waals surface area (Å²) in [6.45, 7) is 5.89. The smallest absolute Gasteiger partial charge is 0.307 e. The van der Waals surface area contributed by atoms with Crippen molar-refractivity contribution < 1.29 is 14.7 Å². The van der Waals surface area contributed by atoms with Crippen LogP contribution in [-0.2, 0) is 9.59 Å². The molecule has 0 aromatic carbocycles. The number of carbonyl (C=O) groups excluding carboxylic acids is 1. The van der Waals surface area contributed by atoms with Crippen LogP contribution in [0.3, 0.4) is 0 Å². The van der Waals surface area contributed by atoms with Crippen molar-refractivity contribution in [3.05, 3.63) is 0 Å². The SMILES string of the molecule is CCNC(=O)C(C)SCC(C)C(=O)O. The Kier molecular flexibility index (Phi) is 6.36. The third-order valence-corrected chi connectivity index (χ3v) is 3.14. The Balaban J connectivity index is 3.78. The van der Waals surface area contributed by atoms with Gasteiger partial charge in [-0.3, -0.25) is 9.59 Å². The van der Waals surface area contributed by atoms with Gasteiger partial charge in [0, 0.05) is 12.3 Å². The van der Waals surface area contributed by atoms with E-state index >= 15 is 0 Å². The lowest BCUT2D eigenvalue weighted by molar-refractivity contribution is -0.140. The monoisotopic (exact) mass is 219 g/mol. The van der Waals surface area contributed by atoms with Crippen molar-refractivity contribution in [1.82, 2.24) is 5.32 Å². The number of amides is 1. The van der Waals surface area contributed by atoms with E-state index in [0.29, 0.717) is 12.3 Å². The summed E-state index contributed by atoms with van der Waals surface area (Å²) >= 11 is 1.37. The minimum absolute atomic E-state index is 0.0323. The Morgan fingerprint density at radius 1 is 1.43 bits per heavy atom. The predicted octanol–water partition coefficient (Wildman–Crippen LogP) is 0.965. The zero-order valence-electron chi connectivity index (χ0n) is 8.74. The number of aliphatic carboxylic acids is 1. The van der Waals surface area contributed by atoms with Gasteiger partial charge < -0.3 is 10.4 Å². The number of hydrogen-bond donors (Lipinski definition) is 2. The van der Waals surface area contributed by atoms with Gasteiger partial charge in [-0.1, -0.05) is 6.92 Å². The topological polar surface area (TPSA) is 66.4 Å². The molecule has 0 aromatic rings. The van der Waals surface area contributed by atoms with Crippen LogP contribution in [0.1, 0.15) is 20.8 Å². The highest BCUT2D eigenvalue weighted by Crippen LogP contribution is 2.14. The average Bonchev–Trinajstić information content (AvgIpc) is 2.13. The number of rotatable bonds is 6. The number of carboxylic acid groups (broad SMARTS) is 1. The molecule has 0 spiro atoms. The van der Waals surface area contributed by atoms with Gasteiger partial charge in [-0.2, -0.15) is 0 Å². The Bertz CT molecular complexity index is 208. The minimum atomic E-state index is -0.819. The molecule has 5 heteroatoms. The van der Waals surface area contributed by atoms with Crippen LogP contribution < -0.4 is 5.32 Å². The first kappa shape index (κ1) is 13.3. The van der Waals surface area contributed by atoms with E-state index in [9.17, 15) is 9.59 Å². The number of carboxylic acids is 1. The van der Waals surface area contributed by atoms with Gasteiger partial charge >= 0.3 is 5.97 Å². The van der Waals surface area contributed by atoms with Crippen molar-refractivity contribution in [2.45, 2.75) is 26.0 Å². The number of hydrogen-bond acceptors (Lipinski definition) is 3. The van der Waals surface area contributed by atoms with Crippen molar-refractivity contribution >= 4 is 23.6 Å². The van der Waals surface area contributed by atoms with Gasteiger partial charge in [-0.25, -0.2) is 0 Å². The standard InChI is InChI=1S/C9H17NO3S/c1-4-10-8(11)7(3)14-5-6(2)9(12)13/h6-7H,4-5H2,1-3H3,(H,10,11)(H,12,13). The van der Waals surface area contributed by atoms with Crippen LogP contribution in [0.4, 0.5) is 0 Å². The molecular weight excluding hydrogens is 202 g/mol. The van der Waals surface area contributed by atoms with Gasteiger partial charge in [0.15, 0.2) is 0 Å². The second-order valence-electron chi connectivity index (χ2n) is 3.11. The largest absolute Gasteiger partial charge is 0.481 e. The van der Waals surface area contributed by atoms with E-state index in [1.54, 1.807) is 13.8 Å². The fraction of sp³-hybridized carbons (Fsp3) is 0.778. The molecule has 0 heterocycles. The molecule has 82 valence electrons. The van der Waals surface area contributed by atoms with Gasteiger partial charge in [0.2, 0.25) is 5.91 Å². The lowest BCUT2D eigenvalue weighted by Gasteiger charge is -2.12. The third kappa shape index (κ3) is 5.11. The predicted molar refractivity (Wildman–Crippen MR) is 57.4 cm³/mol. The molecule has 0 saturated heterocycles. The summed E-state index contributed by atoms with van der Waals surface area (Å²) < 4.78 is 0. The summed E-state index contributed by atoms with van der Waals surface area (Å²) in [7, 11) is 0. The average molecular weight is 219 g/mol. The molecule has 14 heavy (non-hydrogen) atoms. The third-order valence-electron chi connectivity index (χ3n) is 1.74. The molecule has 0 aliphatic heterocycles. The summed E-state index contributed by atoms with van der Waals surface area (Å²) in [6, 6.07) is 0. The van der Waals surface area contributed by atoms with Crippen molar-refractivity contribution in [3.8, 4) is 0 Å². The zero-order valence-corrected chi connectivity index (χ0v) is 9.56. The first-order valence-corrected chi connectivity index (χ1v) is 5.66. The Morgan fingerprint density at radius 2 is 2.00 bits per heavy atom. The molecule has 4 nitrogen and oxygen atoms in total. The highest BCUT2D eigenvalue weighted by molar-refractivity contribution is 8.00. The van der Waals surface area contributed by atoms with Crippen LogP contribution in [0.2, 0.25) is 0 Å². The lowest BCUT2D eigenvalue weighted by atomic mass is 10.2. The molecule has 0 aromatic heterocycles. The van der Waals surface area contributed by atoms with E-state index < -0.39 is 11.9 Å². The molecular formula is C9H17NO3S. The van der Waals surface area contributed by atoms with Crippen LogP contribution in [-0.4, -0.2) is 34.5 Å². The first-order chi connectivity index (χ1) is 6.49. The summed E-state index contributed by atoms with van der Waals surface area (Å²) in [6.07, 6.45) is 0. The van der Waals surface area contributed by atoms with Crippen LogP contribution in [0.25, 0.3) is 0 Å². The van der Waals surface area contributed by atoms with E-state index in [-0.39, 0.29) is 11.2 Å². The fourth-order valence-corrected chi connectivity index (χ4v) is 1.71. The normalized spacial score (nSPS) is 14.5. The molecule has 0 fully saturated rings. The minimum Gasteiger partial charge on any atom is -0.481 e. The molecule has 0 bridgehead atoms. The Labute approximate surface area is 88.4 Å². The van der Waals surface area contributed by atoms with Crippen LogP contribution in [0, 0.1) is 5.92 Å². The van der Waals surface area contributed by atoms with E-state index in [1.807, 2.05) is 6.92 Å². The maximum Gasteiger partial charge on any atom is 0.307 e. The molecule has 0 rings (SSSR count). The van der Waals surface area contributed by atoms with E-state index in [1.165, 1.54) is 11.8 Å². The fourth-order valence-electron chi connectivity index (χ4n) is 0.754. The van der Waals surface area contributed by atoms with Gasteiger partial charge in [0.1, 0.15) is 0 Å². The lowest BCUT2D eigenvalue weighted by Crippen LogP contribution is -2.31. The molecule has 0 aliphatic carbocycles. The Hall–Kier alpha value is -0.710. The van der Waals surface area contributed by atoms with Crippen molar-refractivity contribution in [2.24, 2.45) is 5.92 Å². The van der Waals surface area contributed by atoms with Crippen molar-refractivity contribution in [3.63, 3.8) is 0 Å². The van der Waals surface area contributed by atoms with Crippen LogP contribution >= 0.6 is 11.8 Å². The molecule has 0 radical (unpaired) electrons. The highest BCUT2D eigenvalue weighted by Gasteiger charge is 2.16. The summed E-state index contributed by atoms with van der Waals surface area (Å²) in [4.78, 5) is 21.7. The van der Waals surface area contributed by atoms with Gasteiger partial charge in [-0.15, -0.1) is 11.8 Å². The Morgan fingerprint density at radius 3 is 2.43 bits per heavy atom. The number of carbonyl (C=O) groups is 2. The summed E-state index contributed by atoms with van der Waals surface area (Å²) in [5, 5.41) is 11.1. The van der Waals surface area contributed by atoms with E-state index in [0.717, 1.165) is 0 Å². The second kappa shape index (κ2) is 6.70. The molecule has 0 saturated carbocycles. The summed E-state index contributed by atoms with van der Waals surface area (Å²) in [5.74, 6) is -0.791. The maximum absolute atomic E-state index is 11.2. The summed E-state index contributed by atoms with van der Waals surface area (Å²) in [5.41, 5.74) is 0. The van der Waals surface area contributed by atoms with E-state index in [4.69, 9.17) is 5.11 Å². The second-order valence-corrected chi connectivity index (χ2v) is 4.48.